The van der Waals surface area contributed by atoms with Gasteiger partial charge in [0.05, 0.1) is 19.4 Å². The Balaban J connectivity index is 1.81. The fraction of sp³-hybridized carbons (Fsp3) is 0.154. The minimum absolute atomic E-state index is 0.0723. The summed E-state index contributed by atoms with van der Waals surface area (Å²) < 4.78 is 5.09. The molecule has 0 aliphatic rings. The van der Waals surface area contributed by atoms with Crippen LogP contribution in [0.3, 0.4) is 0 Å². The Bertz CT molecular complexity index is 595. The predicted octanol–water partition coefficient (Wildman–Crippen LogP) is 0.502. The molecule has 0 saturated carbocycles. The maximum absolute atomic E-state index is 11.6. The molecule has 0 unspecified atom stereocenters. The topological polar surface area (TPSA) is 110 Å². The molecule has 2 rings (SSSR count). The summed E-state index contributed by atoms with van der Waals surface area (Å²) in [7, 11) is 0. The van der Waals surface area contributed by atoms with Gasteiger partial charge in [-0.25, -0.2) is 0 Å². The minimum Gasteiger partial charge on any atom is -0.467 e. The van der Waals surface area contributed by atoms with E-state index >= 15 is 0 Å². The van der Waals surface area contributed by atoms with Crippen molar-refractivity contribution in [1.29, 1.82) is 0 Å². The average Bonchev–Trinajstić information content (AvgIpc) is 2.96. The molecule has 2 heterocycles. The molecular formula is C13H14N4O3. The van der Waals surface area contributed by atoms with E-state index in [1.54, 1.807) is 24.5 Å². The van der Waals surface area contributed by atoms with E-state index in [0.29, 0.717) is 18.0 Å². The Kier molecular flexibility index (Phi) is 4.33. The monoisotopic (exact) mass is 274 g/mol. The van der Waals surface area contributed by atoms with Gasteiger partial charge in [0.1, 0.15) is 11.5 Å². The molecule has 7 heteroatoms. The minimum atomic E-state index is -0.615. The van der Waals surface area contributed by atoms with E-state index in [2.05, 4.69) is 15.6 Å². The van der Waals surface area contributed by atoms with Gasteiger partial charge < -0.3 is 20.8 Å². The van der Waals surface area contributed by atoms with Gasteiger partial charge in [0.25, 0.3) is 5.91 Å². The quantitative estimate of drug-likeness (QED) is 0.710. The summed E-state index contributed by atoms with van der Waals surface area (Å²) in [6.45, 7) is 0.402. The summed E-state index contributed by atoms with van der Waals surface area (Å²) in [5.41, 5.74) is 5.87. The zero-order valence-corrected chi connectivity index (χ0v) is 10.6. The number of carbonyl (C=O) groups excluding carboxylic acids is 2. The number of primary amides is 1. The Morgan fingerprint density at radius 1 is 1.35 bits per heavy atom. The molecule has 0 aliphatic carbocycles. The maximum Gasteiger partial charge on any atom is 0.267 e. The molecule has 0 radical (unpaired) electrons. The van der Waals surface area contributed by atoms with Gasteiger partial charge in [0, 0.05) is 11.9 Å². The molecule has 4 N–H and O–H groups in total. The Morgan fingerprint density at radius 3 is 2.90 bits per heavy atom. The summed E-state index contributed by atoms with van der Waals surface area (Å²) in [4.78, 5) is 26.4. The van der Waals surface area contributed by atoms with Gasteiger partial charge in [-0.3, -0.25) is 14.6 Å². The van der Waals surface area contributed by atoms with Crippen LogP contribution in [-0.2, 0) is 11.3 Å². The molecular weight excluding hydrogens is 260 g/mol. The van der Waals surface area contributed by atoms with Crippen molar-refractivity contribution in [2.45, 2.75) is 6.54 Å². The number of nitrogens with two attached hydrogens (primary N) is 1. The number of pyridine rings is 1. The molecule has 2 amide bonds. The van der Waals surface area contributed by atoms with E-state index in [0.717, 1.165) is 0 Å². The molecule has 0 bridgehead atoms. The summed E-state index contributed by atoms with van der Waals surface area (Å²) >= 11 is 0. The van der Waals surface area contributed by atoms with Crippen molar-refractivity contribution in [3.63, 3.8) is 0 Å². The van der Waals surface area contributed by atoms with Gasteiger partial charge in [-0.1, -0.05) is 0 Å². The second-order valence-electron chi connectivity index (χ2n) is 4.00. The van der Waals surface area contributed by atoms with Crippen molar-refractivity contribution in [1.82, 2.24) is 10.3 Å². The van der Waals surface area contributed by atoms with Crippen molar-refractivity contribution in [3.05, 3.63) is 48.2 Å². The molecule has 0 aromatic carbocycles. The summed E-state index contributed by atoms with van der Waals surface area (Å²) in [6, 6.07) is 6.66. The standard InChI is InChI=1S/C13H14N4O3/c14-13(19)11-6-9(3-4-15-11)16-8-12(18)17-7-10-2-1-5-20-10/h1-6H,7-8H2,(H2,14,19)(H,15,16)(H,17,18). The third-order valence-corrected chi connectivity index (χ3v) is 2.51. The molecule has 0 spiro atoms. The van der Waals surface area contributed by atoms with Crippen LogP contribution >= 0.6 is 0 Å². The van der Waals surface area contributed by atoms with Crippen molar-refractivity contribution in [2.75, 3.05) is 11.9 Å². The fourth-order valence-electron chi connectivity index (χ4n) is 1.52. The lowest BCUT2D eigenvalue weighted by atomic mass is 10.3. The van der Waals surface area contributed by atoms with Crippen LogP contribution < -0.4 is 16.4 Å². The molecule has 2 aromatic heterocycles. The van der Waals surface area contributed by atoms with Gasteiger partial charge >= 0.3 is 0 Å². The molecule has 0 atom stereocenters. The smallest absolute Gasteiger partial charge is 0.267 e. The van der Waals surface area contributed by atoms with Gasteiger partial charge in [0.15, 0.2) is 0 Å². The number of aromatic nitrogens is 1. The van der Waals surface area contributed by atoms with E-state index < -0.39 is 5.91 Å². The molecule has 0 aliphatic heterocycles. The zero-order chi connectivity index (χ0) is 14.4. The molecule has 0 fully saturated rings. The van der Waals surface area contributed by atoms with Crippen molar-refractivity contribution in [2.24, 2.45) is 5.73 Å². The number of nitrogens with zero attached hydrogens (tertiary/aromatic N) is 1. The van der Waals surface area contributed by atoms with E-state index in [1.807, 2.05) is 0 Å². The Morgan fingerprint density at radius 2 is 2.20 bits per heavy atom. The number of amides is 2. The number of hydrogen-bond acceptors (Lipinski definition) is 5. The molecule has 0 saturated heterocycles. The lowest BCUT2D eigenvalue weighted by Gasteiger charge is -2.07. The third-order valence-electron chi connectivity index (χ3n) is 2.51. The van der Waals surface area contributed by atoms with Crippen LogP contribution in [0.15, 0.2) is 41.1 Å². The SMILES string of the molecule is NC(=O)c1cc(NCC(=O)NCc2ccco2)ccn1. The number of nitrogens with one attached hydrogen (secondary N) is 2. The van der Waals surface area contributed by atoms with E-state index in [1.165, 1.54) is 12.3 Å². The van der Waals surface area contributed by atoms with Crippen molar-refractivity contribution >= 4 is 17.5 Å². The first-order chi connectivity index (χ1) is 9.65. The summed E-state index contributed by atoms with van der Waals surface area (Å²) in [6.07, 6.45) is 2.99. The van der Waals surface area contributed by atoms with Crippen LogP contribution in [0.25, 0.3) is 0 Å². The lowest BCUT2D eigenvalue weighted by Crippen LogP contribution is -2.29. The van der Waals surface area contributed by atoms with E-state index in [9.17, 15) is 9.59 Å². The van der Waals surface area contributed by atoms with Gasteiger partial charge in [-0.05, 0) is 24.3 Å². The third kappa shape index (κ3) is 3.84. The van der Waals surface area contributed by atoms with Crippen molar-refractivity contribution in [3.8, 4) is 0 Å². The van der Waals surface area contributed by atoms with Crippen LogP contribution in [0, 0.1) is 0 Å². The number of furan rings is 1. The van der Waals surface area contributed by atoms with E-state index in [-0.39, 0.29) is 18.1 Å². The number of rotatable bonds is 6. The van der Waals surface area contributed by atoms with E-state index in [4.69, 9.17) is 10.2 Å². The van der Waals surface area contributed by atoms with Crippen LogP contribution in [0.5, 0.6) is 0 Å². The highest BCUT2D eigenvalue weighted by Gasteiger charge is 2.05. The fourth-order valence-corrected chi connectivity index (χ4v) is 1.52. The maximum atomic E-state index is 11.6. The average molecular weight is 274 g/mol. The Labute approximate surface area is 115 Å². The van der Waals surface area contributed by atoms with Crippen LogP contribution in [0.4, 0.5) is 5.69 Å². The summed E-state index contributed by atoms with van der Waals surface area (Å²) in [5, 5.41) is 5.57. The van der Waals surface area contributed by atoms with Gasteiger partial charge in [-0.2, -0.15) is 0 Å². The second-order valence-corrected chi connectivity index (χ2v) is 4.00. The first kappa shape index (κ1) is 13.6. The normalized spacial score (nSPS) is 10.0. The highest BCUT2D eigenvalue weighted by atomic mass is 16.3. The molecule has 7 nitrogen and oxygen atoms in total. The van der Waals surface area contributed by atoms with Crippen LogP contribution in [-0.4, -0.2) is 23.3 Å². The lowest BCUT2D eigenvalue weighted by molar-refractivity contribution is -0.119. The molecule has 2 aromatic rings. The molecule has 104 valence electrons. The highest BCUT2D eigenvalue weighted by Crippen LogP contribution is 2.06. The van der Waals surface area contributed by atoms with Crippen LogP contribution in [0.1, 0.15) is 16.2 Å². The number of hydrogen-bond donors (Lipinski definition) is 3. The second kappa shape index (κ2) is 6.37. The van der Waals surface area contributed by atoms with Crippen LogP contribution in [0.2, 0.25) is 0 Å². The highest BCUT2D eigenvalue weighted by molar-refractivity contribution is 5.91. The number of carbonyl (C=O) groups is 2. The Hall–Kier alpha value is -2.83. The van der Waals surface area contributed by atoms with Gasteiger partial charge in [0.2, 0.25) is 5.91 Å². The van der Waals surface area contributed by atoms with Crippen molar-refractivity contribution < 1.29 is 14.0 Å². The largest absolute Gasteiger partial charge is 0.467 e. The molecule has 20 heavy (non-hydrogen) atoms. The van der Waals surface area contributed by atoms with Gasteiger partial charge in [-0.15, -0.1) is 0 Å². The first-order valence-electron chi connectivity index (χ1n) is 5.94. The summed E-state index contributed by atoms with van der Waals surface area (Å²) in [5.74, 6) is -0.131. The first-order valence-corrected chi connectivity index (χ1v) is 5.94. The predicted molar refractivity (Wildman–Crippen MR) is 71.8 cm³/mol. The number of anilines is 1. The zero-order valence-electron chi connectivity index (χ0n) is 10.6.